The SMILES string of the molecule is NCC#Cc1ccc(C(=O)N2CCCCC2C(N)=O)nc1. The van der Waals surface area contributed by atoms with Crippen LogP contribution in [-0.2, 0) is 4.79 Å². The summed E-state index contributed by atoms with van der Waals surface area (Å²) < 4.78 is 0. The number of rotatable bonds is 2. The van der Waals surface area contributed by atoms with Crippen LogP contribution >= 0.6 is 0 Å². The third-order valence-electron chi connectivity index (χ3n) is 3.41. The van der Waals surface area contributed by atoms with E-state index < -0.39 is 11.9 Å². The first kappa shape index (κ1) is 15.0. The Balaban J connectivity index is 2.16. The van der Waals surface area contributed by atoms with Gasteiger partial charge in [-0.3, -0.25) is 9.59 Å². The van der Waals surface area contributed by atoms with E-state index in [1.807, 2.05) is 0 Å². The standard InChI is InChI=1S/C15H18N4O2/c16-8-3-4-11-6-7-12(18-10-11)15(21)19-9-2-1-5-13(19)14(17)20/h6-7,10,13H,1-2,5,8-9,16H2,(H2,17,20). The van der Waals surface area contributed by atoms with Crippen LogP contribution in [0.5, 0.6) is 0 Å². The lowest BCUT2D eigenvalue weighted by atomic mass is 10.0. The molecule has 2 rings (SSSR count). The highest BCUT2D eigenvalue weighted by molar-refractivity contribution is 5.96. The van der Waals surface area contributed by atoms with Crippen molar-refractivity contribution in [3.63, 3.8) is 0 Å². The lowest BCUT2D eigenvalue weighted by Crippen LogP contribution is -2.50. The molecule has 21 heavy (non-hydrogen) atoms. The van der Waals surface area contributed by atoms with Crippen molar-refractivity contribution in [3.8, 4) is 11.8 Å². The number of hydrogen-bond acceptors (Lipinski definition) is 4. The minimum Gasteiger partial charge on any atom is -0.368 e. The summed E-state index contributed by atoms with van der Waals surface area (Å²) in [6.45, 7) is 0.803. The van der Waals surface area contributed by atoms with E-state index in [-0.39, 0.29) is 12.5 Å². The second-order valence-corrected chi connectivity index (χ2v) is 4.85. The molecule has 0 radical (unpaired) electrons. The van der Waals surface area contributed by atoms with E-state index in [1.165, 1.54) is 11.1 Å². The molecular formula is C15H18N4O2. The number of amides is 2. The average molecular weight is 286 g/mol. The van der Waals surface area contributed by atoms with Crippen LogP contribution in [0.4, 0.5) is 0 Å². The van der Waals surface area contributed by atoms with E-state index in [2.05, 4.69) is 16.8 Å². The average Bonchev–Trinajstić information content (AvgIpc) is 2.52. The summed E-state index contributed by atoms with van der Waals surface area (Å²) in [5, 5.41) is 0. The molecule has 1 fully saturated rings. The van der Waals surface area contributed by atoms with E-state index in [9.17, 15) is 9.59 Å². The number of nitrogens with zero attached hydrogens (tertiary/aromatic N) is 2. The van der Waals surface area contributed by atoms with Gasteiger partial charge < -0.3 is 16.4 Å². The molecule has 2 heterocycles. The van der Waals surface area contributed by atoms with Gasteiger partial charge in [-0.15, -0.1) is 0 Å². The number of nitrogens with two attached hydrogens (primary N) is 2. The molecule has 1 unspecified atom stereocenters. The van der Waals surface area contributed by atoms with Gasteiger partial charge in [-0.05, 0) is 31.4 Å². The highest BCUT2D eigenvalue weighted by atomic mass is 16.2. The van der Waals surface area contributed by atoms with Crippen LogP contribution in [0.1, 0.15) is 35.3 Å². The fourth-order valence-electron chi connectivity index (χ4n) is 2.36. The highest BCUT2D eigenvalue weighted by Gasteiger charge is 2.31. The van der Waals surface area contributed by atoms with Gasteiger partial charge >= 0.3 is 0 Å². The van der Waals surface area contributed by atoms with Crippen molar-refractivity contribution in [3.05, 3.63) is 29.6 Å². The van der Waals surface area contributed by atoms with Crippen molar-refractivity contribution in [2.45, 2.75) is 25.3 Å². The summed E-state index contributed by atoms with van der Waals surface area (Å²) in [5.74, 6) is 4.83. The highest BCUT2D eigenvalue weighted by Crippen LogP contribution is 2.19. The van der Waals surface area contributed by atoms with Crippen LogP contribution in [0.15, 0.2) is 18.3 Å². The van der Waals surface area contributed by atoms with Crippen LogP contribution in [0.2, 0.25) is 0 Å². The Bertz CT molecular complexity index is 586. The van der Waals surface area contributed by atoms with E-state index in [0.717, 1.165) is 12.8 Å². The first-order chi connectivity index (χ1) is 10.1. The van der Waals surface area contributed by atoms with Crippen LogP contribution in [0, 0.1) is 11.8 Å². The molecule has 2 amide bonds. The van der Waals surface area contributed by atoms with Gasteiger partial charge in [-0.2, -0.15) is 0 Å². The van der Waals surface area contributed by atoms with Gasteiger partial charge in [0.15, 0.2) is 0 Å². The van der Waals surface area contributed by atoms with Crippen LogP contribution < -0.4 is 11.5 Å². The Morgan fingerprint density at radius 1 is 1.38 bits per heavy atom. The zero-order chi connectivity index (χ0) is 15.2. The van der Waals surface area contributed by atoms with Crippen molar-refractivity contribution in [2.24, 2.45) is 11.5 Å². The Morgan fingerprint density at radius 2 is 2.19 bits per heavy atom. The zero-order valence-corrected chi connectivity index (χ0v) is 11.7. The number of carbonyl (C=O) groups excluding carboxylic acids is 2. The summed E-state index contributed by atoms with van der Waals surface area (Å²) >= 11 is 0. The molecule has 0 spiro atoms. The first-order valence-electron chi connectivity index (χ1n) is 6.88. The predicted octanol–water partition coefficient (Wildman–Crippen LogP) is -0.128. The molecule has 1 aliphatic rings. The maximum Gasteiger partial charge on any atom is 0.273 e. The van der Waals surface area contributed by atoms with E-state index in [4.69, 9.17) is 11.5 Å². The van der Waals surface area contributed by atoms with E-state index in [0.29, 0.717) is 24.2 Å². The van der Waals surface area contributed by atoms with Gasteiger partial charge in [0.25, 0.3) is 5.91 Å². The molecule has 1 atom stereocenters. The Kier molecular flexibility index (Phi) is 4.90. The van der Waals surface area contributed by atoms with Crippen molar-refractivity contribution < 1.29 is 9.59 Å². The minimum atomic E-state index is -0.537. The molecule has 1 aliphatic heterocycles. The zero-order valence-electron chi connectivity index (χ0n) is 11.7. The molecule has 110 valence electrons. The Hall–Kier alpha value is -2.39. The second-order valence-electron chi connectivity index (χ2n) is 4.85. The number of pyridine rings is 1. The lowest BCUT2D eigenvalue weighted by molar-refractivity contribution is -0.123. The normalized spacial score (nSPS) is 17.8. The van der Waals surface area contributed by atoms with Crippen molar-refractivity contribution in [1.82, 2.24) is 9.88 Å². The first-order valence-corrected chi connectivity index (χ1v) is 6.88. The summed E-state index contributed by atoms with van der Waals surface area (Å²) in [7, 11) is 0. The van der Waals surface area contributed by atoms with Crippen LogP contribution in [0.25, 0.3) is 0 Å². The van der Waals surface area contributed by atoms with Gasteiger partial charge in [-0.25, -0.2) is 4.98 Å². The lowest BCUT2D eigenvalue weighted by Gasteiger charge is -2.33. The molecule has 1 aromatic heterocycles. The molecular weight excluding hydrogens is 268 g/mol. The smallest absolute Gasteiger partial charge is 0.273 e. The monoisotopic (exact) mass is 286 g/mol. The number of hydrogen-bond donors (Lipinski definition) is 2. The van der Waals surface area contributed by atoms with Gasteiger partial charge in [0.1, 0.15) is 11.7 Å². The summed E-state index contributed by atoms with van der Waals surface area (Å²) in [5.41, 5.74) is 11.7. The maximum atomic E-state index is 12.4. The topological polar surface area (TPSA) is 102 Å². The summed E-state index contributed by atoms with van der Waals surface area (Å²) in [4.78, 5) is 29.5. The summed E-state index contributed by atoms with van der Waals surface area (Å²) in [6.07, 6.45) is 3.91. The van der Waals surface area contributed by atoms with Crippen LogP contribution in [0.3, 0.4) is 0 Å². The fourth-order valence-corrected chi connectivity index (χ4v) is 2.36. The molecule has 0 bridgehead atoms. The number of aromatic nitrogens is 1. The van der Waals surface area contributed by atoms with Gasteiger partial charge in [0.2, 0.25) is 5.91 Å². The van der Waals surface area contributed by atoms with Crippen molar-refractivity contribution in [1.29, 1.82) is 0 Å². The van der Waals surface area contributed by atoms with Crippen molar-refractivity contribution in [2.75, 3.05) is 13.1 Å². The van der Waals surface area contributed by atoms with Gasteiger partial charge in [-0.1, -0.05) is 11.8 Å². The molecule has 0 aromatic carbocycles. The van der Waals surface area contributed by atoms with Gasteiger partial charge in [0, 0.05) is 18.3 Å². The number of carbonyl (C=O) groups is 2. The van der Waals surface area contributed by atoms with E-state index in [1.54, 1.807) is 12.1 Å². The Morgan fingerprint density at radius 3 is 2.81 bits per heavy atom. The predicted molar refractivity (Wildman–Crippen MR) is 78.0 cm³/mol. The largest absolute Gasteiger partial charge is 0.368 e. The number of primary amides is 1. The molecule has 0 aliphatic carbocycles. The molecule has 0 saturated carbocycles. The fraction of sp³-hybridized carbons (Fsp3) is 0.400. The summed E-state index contributed by atoms with van der Waals surface area (Å²) in [6, 6.07) is 2.78. The molecule has 1 saturated heterocycles. The third-order valence-corrected chi connectivity index (χ3v) is 3.41. The number of likely N-dealkylation sites (tertiary alicyclic amines) is 1. The molecule has 6 nitrogen and oxygen atoms in total. The third kappa shape index (κ3) is 3.58. The quantitative estimate of drug-likeness (QED) is 0.739. The van der Waals surface area contributed by atoms with E-state index >= 15 is 0 Å². The second kappa shape index (κ2) is 6.86. The van der Waals surface area contributed by atoms with Gasteiger partial charge in [0.05, 0.1) is 6.54 Å². The molecule has 6 heteroatoms. The van der Waals surface area contributed by atoms with Crippen molar-refractivity contribution >= 4 is 11.8 Å². The number of piperidine rings is 1. The molecule has 4 N–H and O–H groups in total. The molecule has 1 aromatic rings. The van der Waals surface area contributed by atoms with Crippen LogP contribution in [-0.4, -0.2) is 40.8 Å². The minimum absolute atomic E-state index is 0.267. The maximum absolute atomic E-state index is 12.4. The Labute approximate surface area is 123 Å².